The molecule has 4 nitrogen and oxygen atoms in total. The molecule has 1 amide bonds. The van der Waals surface area contributed by atoms with Gasteiger partial charge in [0.05, 0.1) is 11.6 Å². The summed E-state index contributed by atoms with van der Waals surface area (Å²) in [6, 6.07) is 12.1. The Morgan fingerprint density at radius 3 is 2.76 bits per heavy atom. The van der Waals surface area contributed by atoms with E-state index in [4.69, 9.17) is 0 Å². The van der Waals surface area contributed by atoms with Gasteiger partial charge in [0.25, 0.3) is 5.91 Å². The van der Waals surface area contributed by atoms with Gasteiger partial charge in [-0.1, -0.05) is 24.3 Å². The summed E-state index contributed by atoms with van der Waals surface area (Å²) in [4.78, 5) is 18.5. The smallest absolute Gasteiger partial charge is 0.253 e. The van der Waals surface area contributed by atoms with Crippen LogP contribution in [-0.2, 0) is 6.42 Å². The minimum atomic E-state index is -0.0606. The number of rotatable bonds is 3. The summed E-state index contributed by atoms with van der Waals surface area (Å²) in [6.07, 6.45) is 3.62. The van der Waals surface area contributed by atoms with Gasteiger partial charge in [0.15, 0.2) is 0 Å². The number of benzene rings is 1. The molecule has 1 heterocycles. The zero-order chi connectivity index (χ0) is 14.8. The number of aryl methyl sites for hydroxylation is 1. The number of hydrogen-bond donors (Lipinski definition) is 1. The fourth-order valence-electron chi connectivity index (χ4n) is 2.73. The molecule has 0 radical (unpaired) electrons. The molecule has 1 aromatic carbocycles. The van der Waals surface area contributed by atoms with Gasteiger partial charge in [-0.05, 0) is 36.1 Å². The highest BCUT2D eigenvalue weighted by Crippen LogP contribution is 2.30. The van der Waals surface area contributed by atoms with Crippen molar-refractivity contribution in [2.24, 2.45) is 0 Å². The average Bonchev–Trinajstić information content (AvgIpc) is 2.91. The van der Waals surface area contributed by atoms with Crippen LogP contribution in [0.1, 0.15) is 33.9 Å². The van der Waals surface area contributed by atoms with E-state index in [0.29, 0.717) is 5.56 Å². The standard InChI is InChI=1S/C17H19N3O/c1-20(2)16-10-8-13(11-18-16)17(21)19-15-9-7-12-5-3-4-6-14(12)15/h3-6,8,10-11,15H,7,9H2,1-2H3,(H,19,21). The van der Waals surface area contributed by atoms with Crippen molar-refractivity contribution in [2.45, 2.75) is 18.9 Å². The number of carbonyl (C=O) groups is 1. The van der Waals surface area contributed by atoms with Crippen LogP contribution in [0.25, 0.3) is 0 Å². The Labute approximate surface area is 124 Å². The zero-order valence-corrected chi connectivity index (χ0v) is 12.3. The molecule has 1 unspecified atom stereocenters. The molecule has 2 aromatic rings. The second-order valence-corrected chi connectivity index (χ2v) is 5.56. The molecule has 0 saturated carbocycles. The third-order valence-corrected chi connectivity index (χ3v) is 3.91. The summed E-state index contributed by atoms with van der Waals surface area (Å²) >= 11 is 0. The van der Waals surface area contributed by atoms with Gasteiger partial charge in [0.2, 0.25) is 0 Å². The molecular weight excluding hydrogens is 262 g/mol. The van der Waals surface area contributed by atoms with Crippen LogP contribution >= 0.6 is 0 Å². The second kappa shape index (κ2) is 5.56. The summed E-state index contributed by atoms with van der Waals surface area (Å²) in [7, 11) is 3.86. The molecule has 1 aromatic heterocycles. The molecule has 1 N–H and O–H groups in total. The van der Waals surface area contributed by atoms with E-state index in [1.165, 1.54) is 11.1 Å². The molecule has 0 aliphatic heterocycles. The van der Waals surface area contributed by atoms with Crippen LogP contribution in [-0.4, -0.2) is 25.0 Å². The van der Waals surface area contributed by atoms with Gasteiger partial charge in [-0.2, -0.15) is 0 Å². The third kappa shape index (κ3) is 2.75. The van der Waals surface area contributed by atoms with E-state index in [-0.39, 0.29) is 11.9 Å². The fraction of sp³-hybridized carbons (Fsp3) is 0.294. The lowest BCUT2D eigenvalue weighted by molar-refractivity contribution is 0.0936. The van der Waals surface area contributed by atoms with Crippen LogP contribution in [0, 0.1) is 0 Å². The molecule has 108 valence electrons. The predicted molar refractivity (Wildman–Crippen MR) is 83.5 cm³/mol. The molecule has 1 aliphatic carbocycles. The predicted octanol–water partition coefficient (Wildman–Crippen LogP) is 2.56. The molecule has 3 rings (SSSR count). The van der Waals surface area contributed by atoms with Crippen LogP contribution in [0.15, 0.2) is 42.6 Å². The highest BCUT2D eigenvalue weighted by molar-refractivity contribution is 5.94. The minimum Gasteiger partial charge on any atom is -0.363 e. The SMILES string of the molecule is CN(C)c1ccc(C(=O)NC2CCc3ccccc32)cn1. The highest BCUT2D eigenvalue weighted by atomic mass is 16.1. The first-order valence-electron chi connectivity index (χ1n) is 7.17. The van der Waals surface area contributed by atoms with E-state index < -0.39 is 0 Å². The topological polar surface area (TPSA) is 45.2 Å². The van der Waals surface area contributed by atoms with E-state index in [1.54, 1.807) is 6.20 Å². The van der Waals surface area contributed by atoms with Gasteiger partial charge in [0.1, 0.15) is 5.82 Å². The number of fused-ring (bicyclic) bond motifs is 1. The monoisotopic (exact) mass is 281 g/mol. The van der Waals surface area contributed by atoms with E-state index in [1.807, 2.05) is 43.3 Å². The number of aromatic nitrogens is 1. The van der Waals surface area contributed by atoms with Crippen molar-refractivity contribution in [3.8, 4) is 0 Å². The van der Waals surface area contributed by atoms with Crippen molar-refractivity contribution in [1.29, 1.82) is 0 Å². The first kappa shape index (κ1) is 13.6. The van der Waals surface area contributed by atoms with Crippen LogP contribution in [0.2, 0.25) is 0 Å². The number of pyridine rings is 1. The Morgan fingerprint density at radius 2 is 2.05 bits per heavy atom. The molecule has 1 atom stereocenters. The molecule has 0 bridgehead atoms. The normalized spacial score (nSPS) is 16.4. The molecule has 21 heavy (non-hydrogen) atoms. The maximum absolute atomic E-state index is 12.3. The maximum atomic E-state index is 12.3. The van der Waals surface area contributed by atoms with Crippen LogP contribution < -0.4 is 10.2 Å². The van der Waals surface area contributed by atoms with Crippen molar-refractivity contribution < 1.29 is 4.79 Å². The Morgan fingerprint density at radius 1 is 1.24 bits per heavy atom. The summed E-state index contributed by atoms with van der Waals surface area (Å²) in [5.74, 6) is 0.785. The zero-order valence-electron chi connectivity index (χ0n) is 12.3. The fourth-order valence-corrected chi connectivity index (χ4v) is 2.73. The van der Waals surface area contributed by atoms with Gasteiger partial charge in [-0.15, -0.1) is 0 Å². The maximum Gasteiger partial charge on any atom is 0.253 e. The summed E-state index contributed by atoms with van der Waals surface area (Å²) in [5.41, 5.74) is 3.18. The van der Waals surface area contributed by atoms with Crippen molar-refractivity contribution in [2.75, 3.05) is 19.0 Å². The highest BCUT2D eigenvalue weighted by Gasteiger charge is 2.23. The van der Waals surface area contributed by atoms with E-state index in [2.05, 4.69) is 22.4 Å². The van der Waals surface area contributed by atoms with Crippen LogP contribution in [0.4, 0.5) is 5.82 Å². The Bertz CT molecular complexity index is 649. The number of nitrogens with one attached hydrogen (secondary N) is 1. The van der Waals surface area contributed by atoms with Gasteiger partial charge in [-0.3, -0.25) is 4.79 Å². The Balaban J connectivity index is 1.72. The Kier molecular flexibility index (Phi) is 3.60. The number of carbonyl (C=O) groups excluding carboxylic acids is 1. The number of amides is 1. The van der Waals surface area contributed by atoms with E-state index in [0.717, 1.165) is 18.7 Å². The molecule has 0 saturated heterocycles. The minimum absolute atomic E-state index is 0.0606. The van der Waals surface area contributed by atoms with Gasteiger partial charge in [-0.25, -0.2) is 4.98 Å². The molecule has 4 heteroatoms. The van der Waals surface area contributed by atoms with Crippen molar-refractivity contribution in [1.82, 2.24) is 10.3 Å². The van der Waals surface area contributed by atoms with Crippen molar-refractivity contribution >= 4 is 11.7 Å². The lowest BCUT2D eigenvalue weighted by Gasteiger charge is -2.15. The average molecular weight is 281 g/mol. The molecular formula is C17H19N3O. The van der Waals surface area contributed by atoms with E-state index in [9.17, 15) is 4.79 Å². The first-order chi connectivity index (χ1) is 10.1. The van der Waals surface area contributed by atoms with Gasteiger partial charge < -0.3 is 10.2 Å². The largest absolute Gasteiger partial charge is 0.363 e. The lowest BCUT2D eigenvalue weighted by atomic mass is 10.1. The first-order valence-corrected chi connectivity index (χ1v) is 7.17. The van der Waals surface area contributed by atoms with Crippen molar-refractivity contribution in [3.05, 3.63) is 59.3 Å². The second-order valence-electron chi connectivity index (χ2n) is 5.56. The summed E-state index contributed by atoms with van der Waals surface area (Å²) < 4.78 is 0. The third-order valence-electron chi connectivity index (χ3n) is 3.91. The number of hydrogen-bond acceptors (Lipinski definition) is 3. The van der Waals surface area contributed by atoms with Crippen LogP contribution in [0.3, 0.4) is 0 Å². The molecule has 1 aliphatic rings. The quantitative estimate of drug-likeness (QED) is 0.940. The number of anilines is 1. The van der Waals surface area contributed by atoms with E-state index >= 15 is 0 Å². The number of nitrogens with zero attached hydrogens (tertiary/aromatic N) is 2. The Hall–Kier alpha value is -2.36. The van der Waals surface area contributed by atoms with Gasteiger partial charge in [0, 0.05) is 20.3 Å². The van der Waals surface area contributed by atoms with Crippen LogP contribution in [0.5, 0.6) is 0 Å². The van der Waals surface area contributed by atoms with Crippen molar-refractivity contribution in [3.63, 3.8) is 0 Å². The van der Waals surface area contributed by atoms with Gasteiger partial charge >= 0.3 is 0 Å². The molecule has 0 spiro atoms. The summed E-state index contributed by atoms with van der Waals surface area (Å²) in [5, 5.41) is 3.11. The molecule has 0 fully saturated rings. The lowest BCUT2D eigenvalue weighted by Crippen LogP contribution is -2.27. The summed E-state index contributed by atoms with van der Waals surface area (Å²) in [6.45, 7) is 0.